The number of rotatable bonds is 10. The van der Waals surface area contributed by atoms with E-state index in [1.54, 1.807) is 17.4 Å². The van der Waals surface area contributed by atoms with Gasteiger partial charge in [-0.15, -0.1) is 11.3 Å². The Hall–Kier alpha value is -3.84. The topological polar surface area (TPSA) is 72.2 Å². The minimum Gasteiger partial charge on any atom is -0.481 e. The van der Waals surface area contributed by atoms with Crippen molar-refractivity contribution in [2.75, 3.05) is 0 Å². The van der Waals surface area contributed by atoms with Crippen LogP contribution >= 0.6 is 11.3 Å². The van der Waals surface area contributed by atoms with Crippen LogP contribution in [0, 0.1) is 18.7 Å². The van der Waals surface area contributed by atoms with Gasteiger partial charge in [0.05, 0.1) is 17.8 Å². The third-order valence-corrected chi connectivity index (χ3v) is 8.24. The molecule has 5 nitrogen and oxygen atoms in total. The minimum absolute atomic E-state index is 0.00351. The van der Waals surface area contributed by atoms with Gasteiger partial charge in [0.25, 0.3) is 0 Å². The molecule has 0 saturated carbocycles. The molecule has 0 aliphatic rings. The predicted octanol–water partition coefficient (Wildman–Crippen LogP) is 8.44. The number of carbonyl (C=O) groups is 2. The Kier molecular flexibility index (Phi) is 7.62. The second kappa shape index (κ2) is 11.1. The van der Waals surface area contributed by atoms with Gasteiger partial charge in [0.2, 0.25) is 0 Å². The van der Waals surface area contributed by atoms with Gasteiger partial charge in [0.1, 0.15) is 5.82 Å². The zero-order valence-corrected chi connectivity index (χ0v) is 23.1. The highest BCUT2D eigenvalue weighted by Gasteiger charge is 2.21. The first-order chi connectivity index (χ1) is 18.7. The number of carboxylic acids is 1. The van der Waals surface area contributed by atoms with E-state index >= 15 is 0 Å². The van der Waals surface area contributed by atoms with E-state index in [0.29, 0.717) is 17.9 Å². The summed E-state index contributed by atoms with van der Waals surface area (Å²) >= 11 is 1.66. The fourth-order valence-electron chi connectivity index (χ4n) is 5.12. The summed E-state index contributed by atoms with van der Waals surface area (Å²) in [4.78, 5) is 24.4. The highest BCUT2D eigenvalue weighted by molar-refractivity contribution is 7.22. The molecule has 2 aromatic heterocycles. The molecule has 1 unspecified atom stereocenters. The number of hydrogen-bond acceptors (Lipinski definition) is 4. The van der Waals surface area contributed by atoms with Crippen molar-refractivity contribution in [2.45, 2.75) is 52.5 Å². The fraction of sp³-hybridized carbons (Fsp3) is 0.281. The molecule has 5 aromatic rings. The van der Waals surface area contributed by atoms with Crippen molar-refractivity contribution in [3.8, 4) is 10.4 Å². The number of fused-ring (bicyclic) bond motifs is 2. The molecular formula is C32H31FN2O3S. The van der Waals surface area contributed by atoms with E-state index in [1.165, 1.54) is 6.07 Å². The van der Waals surface area contributed by atoms with Crippen LogP contribution in [-0.4, -0.2) is 26.6 Å². The maximum atomic E-state index is 13.7. The molecule has 0 spiro atoms. The summed E-state index contributed by atoms with van der Waals surface area (Å²) in [5.41, 5.74) is 4.96. The van der Waals surface area contributed by atoms with Gasteiger partial charge < -0.3 is 5.11 Å². The van der Waals surface area contributed by atoms with Crippen LogP contribution in [-0.2, 0) is 4.79 Å². The highest BCUT2D eigenvalue weighted by atomic mass is 32.1. The zero-order chi connectivity index (χ0) is 27.7. The van der Waals surface area contributed by atoms with E-state index in [4.69, 9.17) is 10.2 Å². The van der Waals surface area contributed by atoms with Gasteiger partial charge in [0.15, 0.2) is 5.78 Å². The summed E-state index contributed by atoms with van der Waals surface area (Å²) in [5.74, 6) is -0.736. The van der Waals surface area contributed by atoms with Crippen LogP contribution in [0.15, 0.2) is 66.9 Å². The lowest BCUT2D eigenvalue weighted by Crippen LogP contribution is -2.15. The molecule has 0 saturated heterocycles. The van der Waals surface area contributed by atoms with Crippen molar-refractivity contribution in [3.05, 3.63) is 89.4 Å². The molecule has 1 N–H and O–H groups in total. The Labute approximate surface area is 230 Å². The molecule has 0 fully saturated rings. The zero-order valence-electron chi connectivity index (χ0n) is 22.3. The van der Waals surface area contributed by atoms with Gasteiger partial charge in [-0.1, -0.05) is 38.1 Å². The van der Waals surface area contributed by atoms with Crippen LogP contribution < -0.4 is 0 Å². The monoisotopic (exact) mass is 542 g/mol. The molecule has 7 heteroatoms. The molecular weight excluding hydrogens is 511 g/mol. The van der Waals surface area contributed by atoms with Crippen LogP contribution in [0.3, 0.4) is 0 Å². The first-order valence-electron chi connectivity index (χ1n) is 13.2. The molecule has 3 aromatic carbocycles. The molecule has 2 heterocycles. The van der Waals surface area contributed by atoms with Crippen LogP contribution in [0.4, 0.5) is 4.39 Å². The standard InChI is InChI=1S/C32H31FN2O3S/c1-19(2)13-27(21-7-9-22(10-8-21)29(36)5-4-6-32(37)38)35-28-14-20(3)26(16-24(28)18-34-35)31-17-23-15-25(33)11-12-30(23)39-31/h7-12,14-19,27H,4-6,13H2,1-3H3,(H,37,38). The Bertz CT molecular complexity index is 1670. The maximum absolute atomic E-state index is 13.7. The SMILES string of the molecule is Cc1cc2c(cnn2C(CC(C)C)c2ccc(C(=O)CCCC(=O)O)cc2)cc1-c1cc2cc(F)ccc2s1. The average Bonchev–Trinajstić information content (AvgIpc) is 3.49. The molecule has 0 aliphatic heterocycles. The Morgan fingerprint density at radius 2 is 1.77 bits per heavy atom. The van der Waals surface area contributed by atoms with Gasteiger partial charge in [-0.2, -0.15) is 5.10 Å². The molecule has 200 valence electrons. The van der Waals surface area contributed by atoms with E-state index in [0.717, 1.165) is 49.0 Å². The number of halogens is 1. The highest BCUT2D eigenvalue weighted by Crippen LogP contribution is 2.38. The summed E-state index contributed by atoms with van der Waals surface area (Å²) < 4.78 is 16.9. The lowest BCUT2D eigenvalue weighted by molar-refractivity contribution is -0.137. The number of aromatic nitrogens is 2. The lowest BCUT2D eigenvalue weighted by Gasteiger charge is -2.22. The molecule has 1 atom stereocenters. The number of aryl methyl sites for hydroxylation is 1. The van der Waals surface area contributed by atoms with Crippen molar-refractivity contribution in [3.63, 3.8) is 0 Å². The smallest absolute Gasteiger partial charge is 0.303 e. The number of thiophene rings is 1. The second-order valence-corrected chi connectivity index (χ2v) is 11.6. The first-order valence-corrected chi connectivity index (χ1v) is 14.0. The summed E-state index contributed by atoms with van der Waals surface area (Å²) in [6.45, 7) is 6.47. The number of benzene rings is 3. The quantitative estimate of drug-likeness (QED) is 0.180. The van der Waals surface area contributed by atoms with Crippen LogP contribution in [0.5, 0.6) is 0 Å². The van der Waals surface area contributed by atoms with Crippen molar-refractivity contribution in [2.24, 2.45) is 5.92 Å². The maximum Gasteiger partial charge on any atom is 0.303 e. The van der Waals surface area contributed by atoms with E-state index in [9.17, 15) is 14.0 Å². The second-order valence-electron chi connectivity index (χ2n) is 10.5. The molecule has 0 bridgehead atoms. The molecule has 0 radical (unpaired) electrons. The summed E-state index contributed by atoms with van der Waals surface area (Å²) in [6, 6.07) is 18.9. The van der Waals surface area contributed by atoms with Crippen LogP contribution in [0.2, 0.25) is 0 Å². The van der Waals surface area contributed by atoms with Crippen molar-refractivity contribution in [1.82, 2.24) is 9.78 Å². The Morgan fingerprint density at radius 3 is 2.49 bits per heavy atom. The Morgan fingerprint density at radius 1 is 1.00 bits per heavy atom. The predicted molar refractivity (Wildman–Crippen MR) is 155 cm³/mol. The lowest BCUT2D eigenvalue weighted by atomic mass is 9.95. The molecule has 5 rings (SSSR count). The number of aliphatic carboxylic acids is 1. The van der Waals surface area contributed by atoms with E-state index in [2.05, 4.69) is 37.6 Å². The largest absolute Gasteiger partial charge is 0.481 e. The third-order valence-electron chi connectivity index (χ3n) is 7.09. The van der Waals surface area contributed by atoms with Gasteiger partial charge in [-0.05, 0) is 84.2 Å². The Balaban J connectivity index is 1.46. The number of Topliss-reactive ketones (excluding diaryl/α,β-unsaturated/α-hetero) is 1. The van der Waals surface area contributed by atoms with E-state index < -0.39 is 5.97 Å². The van der Waals surface area contributed by atoms with Gasteiger partial charge in [0, 0.05) is 33.4 Å². The molecule has 39 heavy (non-hydrogen) atoms. The first kappa shape index (κ1) is 26.8. The van der Waals surface area contributed by atoms with Crippen molar-refractivity contribution in [1.29, 1.82) is 0 Å². The normalized spacial score (nSPS) is 12.4. The van der Waals surface area contributed by atoms with Gasteiger partial charge >= 0.3 is 5.97 Å². The minimum atomic E-state index is -0.886. The number of carboxylic acid groups (broad SMARTS) is 1. The summed E-state index contributed by atoms with van der Waals surface area (Å²) in [5, 5.41) is 15.6. The fourth-order valence-corrected chi connectivity index (χ4v) is 6.24. The van der Waals surface area contributed by atoms with Crippen LogP contribution in [0.25, 0.3) is 31.4 Å². The summed E-state index contributed by atoms with van der Waals surface area (Å²) in [6.07, 6.45) is 3.34. The van der Waals surface area contributed by atoms with Crippen molar-refractivity contribution >= 4 is 44.1 Å². The van der Waals surface area contributed by atoms with Gasteiger partial charge in [-0.25, -0.2) is 4.39 Å². The van der Waals surface area contributed by atoms with Crippen LogP contribution in [0.1, 0.15) is 67.1 Å². The molecule has 0 aliphatic carbocycles. The number of ketones is 1. The van der Waals surface area contributed by atoms with Crippen molar-refractivity contribution < 1.29 is 19.1 Å². The number of nitrogens with zero attached hydrogens (tertiary/aromatic N) is 2. The average molecular weight is 543 g/mol. The number of hydrogen-bond donors (Lipinski definition) is 1. The van der Waals surface area contributed by atoms with Gasteiger partial charge in [-0.3, -0.25) is 14.3 Å². The third kappa shape index (κ3) is 5.78. The molecule has 0 amide bonds. The van der Waals surface area contributed by atoms with E-state index in [1.807, 2.05) is 42.6 Å². The number of carbonyl (C=O) groups excluding carboxylic acids is 1. The summed E-state index contributed by atoms with van der Waals surface area (Å²) in [7, 11) is 0. The van der Waals surface area contributed by atoms with E-state index in [-0.39, 0.29) is 30.5 Å².